The summed E-state index contributed by atoms with van der Waals surface area (Å²) in [5.74, 6) is -0.898. The van der Waals surface area contributed by atoms with Gasteiger partial charge in [-0.25, -0.2) is 0 Å². The van der Waals surface area contributed by atoms with Crippen molar-refractivity contribution >= 4 is 5.91 Å². The summed E-state index contributed by atoms with van der Waals surface area (Å²) in [5.41, 5.74) is 7.65. The van der Waals surface area contributed by atoms with E-state index in [1.165, 1.54) is 53.5 Å². The highest BCUT2D eigenvalue weighted by molar-refractivity contribution is 6.04. The van der Waals surface area contributed by atoms with Crippen LogP contribution in [0.2, 0.25) is 0 Å². The molecular formula is C19H15F3N4O2. The number of amides is 1. The third-order valence-corrected chi connectivity index (χ3v) is 4.94. The largest absolute Gasteiger partial charge is 0.425 e. The number of hydrogen-bond donors (Lipinski definition) is 3. The van der Waals surface area contributed by atoms with Gasteiger partial charge in [-0.2, -0.15) is 18.3 Å². The van der Waals surface area contributed by atoms with Crippen molar-refractivity contribution in [2.45, 2.75) is 18.4 Å². The quantitative estimate of drug-likeness (QED) is 0.640. The molecule has 1 atom stereocenters. The van der Waals surface area contributed by atoms with Crippen LogP contribution in [0.5, 0.6) is 0 Å². The van der Waals surface area contributed by atoms with E-state index < -0.39 is 23.2 Å². The van der Waals surface area contributed by atoms with Crippen LogP contribution < -0.4 is 11.5 Å². The first kappa shape index (κ1) is 18.2. The van der Waals surface area contributed by atoms with Crippen LogP contribution in [0.4, 0.5) is 13.2 Å². The number of aliphatic hydroxyl groups is 1. The fourth-order valence-corrected chi connectivity index (χ4v) is 3.66. The lowest BCUT2D eigenvalue weighted by atomic mass is 9.88. The van der Waals surface area contributed by atoms with Gasteiger partial charge >= 0.3 is 6.18 Å². The van der Waals surface area contributed by atoms with Gasteiger partial charge in [0, 0.05) is 34.0 Å². The highest BCUT2D eigenvalue weighted by Gasteiger charge is 2.61. The number of nitrogens with two attached hydrogens (primary N) is 2. The number of carbonyl (C=O) groups is 1. The number of benzene rings is 2. The molecule has 1 aliphatic carbocycles. The van der Waals surface area contributed by atoms with Gasteiger partial charge in [0.15, 0.2) is 0 Å². The maximum atomic E-state index is 14.0. The minimum Gasteiger partial charge on any atom is -0.372 e. The molecule has 1 unspecified atom stereocenters. The van der Waals surface area contributed by atoms with Crippen LogP contribution in [-0.2, 0) is 12.3 Å². The van der Waals surface area contributed by atoms with Gasteiger partial charge in [0.1, 0.15) is 0 Å². The fourth-order valence-electron chi connectivity index (χ4n) is 3.66. The number of hydrogen-bond acceptors (Lipinski definition) is 4. The van der Waals surface area contributed by atoms with E-state index in [1.54, 1.807) is 0 Å². The molecule has 5 N–H and O–H groups in total. The third-order valence-electron chi connectivity index (χ3n) is 4.94. The first-order chi connectivity index (χ1) is 13.2. The summed E-state index contributed by atoms with van der Waals surface area (Å²) in [6, 6.07) is 8.17. The van der Waals surface area contributed by atoms with E-state index in [0.717, 1.165) is 0 Å². The summed E-state index contributed by atoms with van der Waals surface area (Å²) in [7, 11) is 0. The molecule has 144 valence electrons. The van der Waals surface area contributed by atoms with Gasteiger partial charge in [0.2, 0.25) is 11.5 Å². The maximum absolute atomic E-state index is 14.0. The average molecular weight is 388 g/mol. The first-order valence-corrected chi connectivity index (χ1v) is 8.28. The number of rotatable bonds is 3. The van der Waals surface area contributed by atoms with Crippen molar-refractivity contribution in [3.63, 3.8) is 0 Å². The van der Waals surface area contributed by atoms with Crippen LogP contribution in [0.1, 0.15) is 21.5 Å². The minimum atomic E-state index is -5.01. The van der Waals surface area contributed by atoms with E-state index in [9.17, 15) is 23.1 Å². The Hall–Kier alpha value is -3.17. The number of alkyl halides is 3. The number of halogens is 3. The molecule has 2 aromatic carbocycles. The van der Waals surface area contributed by atoms with Crippen molar-refractivity contribution in [1.29, 1.82) is 0 Å². The molecule has 1 heterocycles. The monoisotopic (exact) mass is 388 g/mol. The first-order valence-electron chi connectivity index (χ1n) is 8.28. The Morgan fingerprint density at radius 2 is 1.89 bits per heavy atom. The molecule has 0 aliphatic heterocycles. The maximum Gasteiger partial charge on any atom is 0.425 e. The van der Waals surface area contributed by atoms with Crippen LogP contribution in [0.25, 0.3) is 22.3 Å². The molecule has 0 saturated carbocycles. The Bertz CT molecular complexity index is 1110. The van der Waals surface area contributed by atoms with E-state index in [1.807, 2.05) is 0 Å². The molecule has 9 heteroatoms. The third kappa shape index (κ3) is 2.36. The van der Waals surface area contributed by atoms with E-state index in [4.69, 9.17) is 11.5 Å². The van der Waals surface area contributed by atoms with Gasteiger partial charge in [0.05, 0.1) is 12.9 Å². The molecule has 0 fully saturated rings. The lowest BCUT2D eigenvalue weighted by Crippen LogP contribution is -2.41. The predicted octanol–water partition coefficient (Wildman–Crippen LogP) is 2.34. The number of fused-ring (bicyclic) bond motifs is 3. The highest BCUT2D eigenvalue weighted by Crippen LogP contribution is 2.56. The van der Waals surface area contributed by atoms with E-state index in [2.05, 4.69) is 5.10 Å². The van der Waals surface area contributed by atoms with Gasteiger partial charge in [-0.1, -0.05) is 24.3 Å². The van der Waals surface area contributed by atoms with E-state index >= 15 is 0 Å². The summed E-state index contributed by atoms with van der Waals surface area (Å²) in [6.07, 6.45) is -2.07. The van der Waals surface area contributed by atoms with E-state index in [-0.39, 0.29) is 34.5 Å². The average Bonchev–Trinajstić information content (AvgIpc) is 3.23. The lowest BCUT2D eigenvalue weighted by molar-refractivity contribution is -0.246. The molecular weight excluding hydrogens is 373 g/mol. The van der Waals surface area contributed by atoms with Crippen molar-refractivity contribution in [3.8, 4) is 22.3 Å². The highest BCUT2D eigenvalue weighted by atomic mass is 19.4. The molecule has 0 spiro atoms. The van der Waals surface area contributed by atoms with Crippen LogP contribution in [0, 0.1) is 0 Å². The molecule has 1 amide bonds. The molecule has 0 radical (unpaired) electrons. The molecule has 0 bridgehead atoms. The van der Waals surface area contributed by atoms with Crippen LogP contribution in [0.3, 0.4) is 0 Å². The van der Waals surface area contributed by atoms with Crippen molar-refractivity contribution in [2.75, 3.05) is 0 Å². The molecule has 28 heavy (non-hydrogen) atoms. The van der Waals surface area contributed by atoms with Crippen molar-refractivity contribution < 1.29 is 23.1 Å². The Balaban J connectivity index is 2.08. The predicted molar refractivity (Wildman–Crippen MR) is 94.9 cm³/mol. The Labute approximate surface area is 157 Å². The van der Waals surface area contributed by atoms with Crippen molar-refractivity contribution in [1.82, 2.24) is 9.78 Å². The zero-order valence-corrected chi connectivity index (χ0v) is 14.4. The summed E-state index contributed by atoms with van der Waals surface area (Å²) in [4.78, 5) is 12.1. The second-order valence-electron chi connectivity index (χ2n) is 6.52. The Kier molecular flexibility index (Phi) is 3.84. The van der Waals surface area contributed by atoms with Gasteiger partial charge in [-0.05, 0) is 23.3 Å². The molecule has 1 aromatic heterocycles. The van der Waals surface area contributed by atoms with Crippen LogP contribution in [-0.4, -0.2) is 27.0 Å². The lowest BCUT2D eigenvalue weighted by Gasteiger charge is -2.28. The summed E-state index contributed by atoms with van der Waals surface area (Å²) >= 11 is 0. The van der Waals surface area contributed by atoms with Crippen LogP contribution >= 0.6 is 0 Å². The standard InChI is InChI=1S/C19H15F3N4O2/c20-19(21,22)18(28)14-4-2-1-3-12(14)16-13(17(24)27)5-10(6-15(16)18)11-7-25-26(8-11)9-23/h1-8,28H,9,23H2,(H2,24,27). The smallest absolute Gasteiger partial charge is 0.372 e. The van der Waals surface area contributed by atoms with Gasteiger partial charge < -0.3 is 16.6 Å². The number of primary amides is 1. The zero-order valence-electron chi connectivity index (χ0n) is 14.4. The SMILES string of the molecule is NCn1cc(-c2cc(C(N)=O)c3c(c2)C(O)(C(F)(F)F)c2ccccc2-3)cn1. The number of carbonyl (C=O) groups excluding carboxylic acids is 1. The summed E-state index contributed by atoms with van der Waals surface area (Å²) in [6.45, 7) is 0.0749. The summed E-state index contributed by atoms with van der Waals surface area (Å²) < 4.78 is 43.5. The number of nitrogens with zero attached hydrogens (tertiary/aromatic N) is 2. The number of aromatic nitrogens is 2. The Morgan fingerprint density at radius 1 is 1.18 bits per heavy atom. The second kappa shape index (κ2) is 5.91. The molecule has 6 nitrogen and oxygen atoms in total. The normalized spacial score (nSPS) is 18.0. The summed E-state index contributed by atoms with van der Waals surface area (Å²) in [5, 5.41) is 14.8. The van der Waals surface area contributed by atoms with Gasteiger partial charge in [0.25, 0.3) is 0 Å². The topological polar surface area (TPSA) is 107 Å². The van der Waals surface area contributed by atoms with Crippen LogP contribution in [0.15, 0.2) is 48.8 Å². The van der Waals surface area contributed by atoms with E-state index in [0.29, 0.717) is 5.56 Å². The van der Waals surface area contributed by atoms with Gasteiger partial charge in [-0.15, -0.1) is 0 Å². The fraction of sp³-hybridized carbons (Fsp3) is 0.158. The molecule has 4 rings (SSSR count). The Morgan fingerprint density at radius 3 is 2.50 bits per heavy atom. The van der Waals surface area contributed by atoms with Crippen molar-refractivity contribution in [2.24, 2.45) is 11.5 Å². The van der Waals surface area contributed by atoms with Crippen molar-refractivity contribution in [3.05, 3.63) is 65.5 Å². The van der Waals surface area contributed by atoms with Gasteiger partial charge in [-0.3, -0.25) is 9.48 Å². The second-order valence-corrected chi connectivity index (χ2v) is 6.52. The molecule has 3 aromatic rings. The molecule has 0 saturated heterocycles. The zero-order chi connectivity index (χ0) is 20.3. The molecule has 1 aliphatic rings. The minimum absolute atomic E-state index is 0.0158.